The summed E-state index contributed by atoms with van der Waals surface area (Å²) < 4.78 is 11.6. The third-order valence-corrected chi connectivity index (χ3v) is 7.30. The summed E-state index contributed by atoms with van der Waals surface area (Å²) in [7, 11) is 0. The van der Waals surface area contributed by atoms with Gasteiger partial charge in [-0.25, -0.2) is 0 Å². The third-order valence-electron chi connectivity index (χ3n) is 7.30. The molecule has 2 unspecified atom stereocenters. The van der Waals surface area contributed by atoms with E-state index < -0.39 is 0 Å². The molecule has 3 nitrogen and oxygen atoms in total. The van der Waals surface area contributed by atoms with Crippen LogP contribution in [0.5, 0.6) is 0 Å². The number of aryl methyl sites for hydroxylation is 1. The van der Waals surface area contributed by atoms with Crippen molar-refractivity contribution in [1.82, 2.24) is 0 Å². The molecule has 0 radical (unpaired) electrons. The first kappa shape index (κ1) is 23.3. The topological polar surface area (TPSA) is 30.5 Å². The van der Waals surface area contributed by atoms with Crippen LogP contribution in [0, 0.1) is 6.92 Å². The monoisotopic (exact) mass is 435 g/mol. The van der Waals surface area contributed by atoms with Crippen LogP contribution in [-0.4, -0.2) is 32.0 Å². The predicted molar refractivity (Wildman–Crippen MR) is 134 cm³/mol. The van der Waals surface area contributed by atoms with Crippen LogP contribution in [0.4, 0.5) is 5.69 Å². The van der Waals surface area contributed by atoms with E-state index in [9.17, 15) is 0 Å². The molecule has 0 bridgehead atoms. The molecule has 2 atom stereocenters. The smallest absolute Gasteiger partial charge is 0.0728 e. The summed E-state index contributed by atoms with van der Waals surface area (Å²) in [6, 6.07) is 16.5. The second-order valence-corrected chi connectivity index (χ2v) is 11.6. The van der Waals surface area contributed by atoms with Gasteiger partial charge in [0, 0.05) is 12.3 Å². The van der Waals surface area contributed by atoms with E-state index in [1.54, 1.807) is 0 Å². The van der Waals surface area contributed by atoms with Crippen LogP contribution in [0.1, 0.15) is 82.1 Å². The summed E-state index contributed by atoms with van der Waals surface area (Å²) in [5, 5.41) is 3.61. The van der Waals surface area contributed by atoms with Crippen LogP contribution >= 0.6 is 0 Å². The van der Waals surface area contributed by atoms with Crippen LogP contribution in [0.2, 0.25) is 0 Å². The standard InChI is InChI=1S/C29H41NO2/c1-20-10-11-24(30-25-18-31-19-25)16-27(20)29(5,6)17-26-15-22(12-13-32-26)21-8-7-9-23(14-21)28(2,3)4/h7-11,14,16,22,25-26,30H,12-13,15,17-19H2,1-6H3. The Labute approximate surface area is 194 Å². The zero-order valence-corrected chi connectivity index (χ0v) is 20.8. The van der Waals surface area contributed by atoms with Gasteiger partial charge < -0.3 is 14.8 Å². The van der Waals surface area contributed by atoms with Gasteiger partial charge in [-0.15, -0.1) is 0 Å². The van der Waals surface area contributed by atoms with Gasteiger partial charge in [0.1, 0.15) is 0 Å². The second kappa shape index (κ2) is 9.19. The maximum atomic E-state index is 6.31. The molecule has 0 aliphatic carbocycles. The quantitative estimate of drug-likeness (QED) is 0.545. The molecule has 0 spiro atoms. The van der Waals surface area contributed by atoms with Gasteiger partial charge in [-0.2, -0.15) is 0 Å². The lowest BCUT2D eigenvalue weighted by Gasteiger charge is -2.37. The van der Waals surface area contributed by atoms with Crippen LogP contribution in [0.3, 0.4) is 0 Å². The second-order valence-electron chi connectivity index (χ2n) is 11.6. The van der Waals surface area contributed by atoms with Gasteiger partial charge in [-0.05, 0) is 77.3 Å². The molecule has 4 rings (SSSR count). The van der Waals surface area contributed by atoms with Crippen LogP contribution in [0.25, 0.3) is 0 Å². The first-order valence-electron chi connectivity index (χ1n) is 12.3. The average molecular weight is 436 g/mol. The molecule has 2 saturated heterocycles. The largest absolute Gasteiger partial charge is 0.378 e. The lowest BCUT2D eigenvalue weighted by molar-refractivity contribution is -0.00870. The van der Waals surface area contributed by atoms with Gasteiger partial charge in [0.15, 0.2) is 0 Å². The van der Waals surface area contributed by atoms with Gasteiger partial charge in [-0.3, -0.25) is 0 Å². The molecule has 0 saturated carbocycles. The van der Waals surface area contributed by atoms with Gasteiger partial charge in [0.05, 0.1) is 25.4 Å². The Hall–Kier alpha value is -1.84. The predicted octanol–water partition coefficient (Wildman–Crippen LogP) is 6.73. The highest BCUT2D eigenvalue weighted by atomic mass is 16.5. The fourth-order valence-electron chi connectivity index (χ4n) is 5.26. The summed E-state index contributed by atoms with van der Waals surface area (Å²) in [6.45, 7) is 16.3. The normalized spacial score (nSPS) is 22.4. The summed E-state index contributed by atoms with van der Waals surface area (Å²) >= 11 is 0. The summed E-state index contributed by atoms with van der Waals surface area (Å²) in [4.78, 5) is 0. The fraction of sp³-hybridized carbons (Fsp3) is 0.586. The van der Waals surface area contributed by atoms with E-state index in [0.29, 0.717) is 12.0 Å². The minimum absolute atomic E-state index is 0.0533. The van der Waals surface area contributed by atoms with E-state index in [0.717, 1.165) is 39.1 Å². The van der Waals surface area contributed by atoms with E-state index >= 15 is 0 Å². The van der Waals surface area contributed by atoms with E-state index in [2.05, 4.69) is 89.3 Å². The fourth-order valence-corrected chi connectivity index (χ4v) is 5.26. The minimum Gasteiger partial charge on any atom is -0.378 e. The Morgan fingerprint density at radius 3 is 2.47 bits per heavy atom. The van der Waals surface area contributed by atoms with Gasteiger partial charge in [0.25, 0.3) is 0 Å². The van der Waals surface area contributed by atoms with Gasteiger partial charge in [0.2, 0.25) is 0 Å². The highest BCUT2D eigenvalue weighted by Gasteiger charge is 2.32. The van der Waals surface area contributed by atoms with Crippen LogP contribution in [0.15, 0.2) is 42.5 Å². The first-order valence-corrected chi connectivity index (χ1v) is 12.3. The highest BCUT2D eigenvalue weighted by molar-refractivity contribution is 5.51. The summed E-state index contributed by atoms with van der Waals surface area (Å²) in [5.74, 6) is 0.583. The third kappa shape index (κ3) is 5.38. The van der Waals surface area contributed by atoms with Crippen molar-refractivity contribution < 1.29 is 9.47 Å². The molecular weight excluding hydrogens is 394 g/mol. The van der Waals surface area contributed by atoms with Crippen LogP contribution < -0.4 is 5.32 Å². The molecule has 2 aliphatic rings. The van der Waals surface area contributed by atoms with Gasteiger partial charge >= 0.3 is 0 Å². The maximum Gasteiger partial charge on any atom is 0.0728 e. The van der Waals surface area contributed by atoms with Crippen molar-refractivity contribution >= 4 is 5.69 Å². The molecule has 32 heavy (non-hydrogen) atoms. The zero-order valence-electron chi connectivity index (χ0n) is 20.8. The van der Waals surface area contributed by atoms with Crippen molar-refractivity contribution in [3.05, 3.63) is 64.7 Å². The number of anilines is 1. The first-order chi connectivity index (χ1) is 15.1. The molecule has 0 amide bonds. The molecule has 2 aromatic carbocycles. The molecule has 2 heterocycles. The Bertz CT molecular complexity index is 923. The number of hydrogen-bond donors (Lipinski definition) is 1. The van der Waals surface area contributed by atoms with Crippen molar-refractivity contribution in [2.45, 2.75) is 89.7 Å². The van der Waals surface area contributed by atoms with Crippen molar-refractivity contribution in [1.29, 1.82) is 0 Å². The number of hydrogen-bond acceptors (Lipinski definition) is 3. The molecule has 3 heteroatoms. The van der Waals surface area contributed by atoms with E-state index in [-0.39, 0.29) is 16.9 Å². The molecule has 0 aromatic heterocycles. The lowest BCUT2D eigenvalue weighted by Crippen LogP contribution is -2.40. The molecule has 174 valence electrons. The summed E-state index contributed by atoms with van der Waals surface area (Å²) in [5.41, 5.74) is 7.12. The van der Waals surface area contributed by atoms with Crippen LogP contribution in [-0.2, 0) is 20.3 Å². The van der Waals surface area contributed by atoms with E-state index in [1.807, 2.05) is 0 Å². The Kier molecular flexibility index (Phi) is 6.70. The van der Waals surface area contributed by atoms with E-state index in [1.165, 1.54) is 27.9 Å². The average Bonchev–Trinajstić information content (AvgIpc) is 2.71. The van der Waals surface area contributed by atoms with Crippen molar-refractivity contribution in [2.24, 2.45) is 0 Å². The number of nitrogens with one attached hydrogen (secondary N) is 1. The Morgan fingerprint density at radius 2 is 1.78 bits per heavy atom. The molecule has 2 aliphatic heterocycles. The van der Waals surface area contributed by atoms with Crippen molar-refractivity contribution in [3.63, 3.8) is 0 Å². The Balaban J connectivity index is 1.47. The minimum atomic E-state index is 0.0533. The number of benzene rings is 2. The number of ether oxygens (including phenoxy) is 2. The van der Waals surface area contributed by atoms with Crippen molar-refractivity contribution in [3.8, 4) is 0 Å². The molecular formula is C29H41NO2. The molecule has 2 aromatic rings. The lowest BCUT2D eigenvalue weighted by atomic mass is 9.75. The van der Waals surface area contributed by atoms with Gasteiger partial charge in [-0.1, -0.05) is 65.0 Å². The Morgan fingerprint density at radius 1 is 1.00 bits per heavy atom. The molecule has 2 fully saturated rings. The van der Waals surface area contributed by atoms with Crippen molar-refractivity contribution in [2.75, 3.05) is 25.1 Å². The number of rotatable bonds is 6. The SMILES string of the molecule is Cc1ccc(NC2COC2)cc1C(C)(C)CC1CC(c2cccc(C(C)(C)C)c2)CCO1. The summed E-state index contributed by atoms with van der Waals surface area (Å²) in [6.07, 6.45) is 3.55. The zero-order chi connectivity index (χ0) is 22.9. The highest BCUT2D eigenvalue weighted by Crippen LogP contribution is 2.39. The molecule has 1 N–H and O–H groups in total. The maximum absolute atomic E-state index is 6.31. The van der Waals surface area contributed by atoms with E-state index in [4.69, 9.17) is 9.47 Å².